The summed E-state index contributed by atoms with van der Waals surface area (Å²) in [6, 6.07) is 3.10. The molecule has 0 radical (unpaired) electrons. The molecular weight excluding hydrogens is 523 g/mol. The van der Waals surface area contributed by atoms with Gasteiger partial charge in [-0.1, -0.05) is 50.4 Å². The second-order valence-electron chi connectivity index (χ2n) is 11.9. The summed E-state index contributed by atoms with van der Waals surface area (Å²) >= 11 is 5.90. The van der Waals surface area contributed by atoms with E-state index in [-0.39, 0.29) is 22.9 Å². The van der Waals surface area contributed by atoms with Crippen LogP contribution >= 0.6 is 11.6 Å². The molecule has 3 aliphatic heterocycles. The Morgan fingerprint density at radius 3 is 2.72 bits per heavy atom. The number of hydrogen-bond donors (Lipinski definition) is 2. The normalized spacial score (nSPS) is 35.0. The number of likely N-dealkylation sites (tertiary alicyclic amines) is 1. The molecule has 39 heavy (non-hydrogen) atoms. The highest BCUT2D eigenvalue weighted by Crippen LogP contribution is 2.55. The van der Waals surface area contributed by atoms with Crippen molar-refractivity contribution in [2.45, 2.75) is 63.3 Å². The Hall–Kier alpha value is -2.49. The lowest BCUT2D eigenvalue weighted by molar-refractivity contribution is -0.141. The maximum atomic E-state index is 14.0. The zero-order valence-electron chi connectivity index (χ0n) is 23.0. The van der Waals surface area contributed by atoms with Crippen molar-refractivity contribution in [2.75, 3.05) is 32.5 Å². The van der Waals surface area contributed by atoms with Gasteiger partial charge in [-0.2, -0.15) is 0 Å². The first kappa shape index (κ1) is 28.1. The highest BCUT2D eigenvalue weighted by molar-refractivity contribution is 6.31. The second-order valence-corrected chi connectivity index (χ2v) is 12.3. The molecule has 3 amide bonds. The van der Waals surface area contributed by atoms with Crippen LogP contribution in [-0.4, -0.2) is 78.5 Å². The van der Waals surface area contributed by atoms with E-state index < -0.39 is 41.3 Å². The van der Waals surface area contributed by atoms with Gasteiger partial charge in [-0.05, 0) is 63.5 Å². The minimum atomic E-state index is -1.21. The molecule has 2 N–H and O–H groups in total. The van der Waals surface area contributed by atoms with Gasteiger partial charge in [-0.3, -0.25) is 14.4 Å². The van der Waals surface area contributed by atoms with E-state index >= 15 is 0 Å². The summed E-state index contributed by atoms with van der Waals surface area (Å²) in [5, 5.41) is 5.94. The largest absolute Gasteiger partial charge is 0.359 e. The van der Waals surface area contributed by atoms with Gasteiger partial charge in [-0.15, -0.1) is 0 Å². The molecule has 3 fully saturated rings. The van der Waals surface area contributed by atoms with E-state index in [1.54, 1.807) is 11.0 Å². The summed E-state index contributed by atoms with van der Waals surface area (Å²) in [7, 11) is 3.93. The van der Waals surface area contributed by atoms with E-state index in [1.807, 2.05) is 25.1 Å². The third-order valence-electron chi connectivity index (χ3n) is 9.15. The quantitative estimate of drug-likeness (QED) is 0.475. The molecule has 1 saturated carbocycles. The summed E-state index contributed by atoms with van der Waals surface area (Å²) in [4.78, 5) is 45.2. The number of nitrogens with zero attached hydrogens (tertiary/aromatic N) is 2. The molecular formula is C29H38ClFN4O4. The molecule has 1 spiro atoms. The van der Waals surface area contributed by atoms with Gasteiger partial charge in [0.1, 0.15) is 17.5 Å². The first-order valence-corrected chi connectivity index (χ1v) is 14.3. The zero-order chi connectivity index (χ0) is 28.1. The Labute approximate surface area is 234 Å². The average Bonchev–Trinajstić information content (AvgIpc) is 3.51. The number of benzene rings is 1. The van der Waals surface area contributed by atoms with Gasteiger partial charge in [0.25, 0.3) is 0 Å². The second kappa shape index (κ2) is 10.8. The fourth-order valence-corrected chi connectivity index (χ4v) is 7.09. The zero-order valence-corrected chi connectivity index (χ0v) is 23.7. The summed E-state index contributed by atoms with van der Waals surface area (Å²) in [5.41, 5.74) is -0.884. The van der Waals surface area contributed by atoms with Crippen LogP contribution in [0.5, 0.6) is 0 Å². The van der Waals surface area contributed by atoms with Crippen LogP contribution in [0.3, 0.4) is 0 Å². The Morgan fingerprint density at radius 1 is 1.23 bits per heavy atom. The van der Waals surface area contributed by atoms with Crippen LogP contribution in [0.4, 0.5) is 10.1 Å². The molecule has 5 rings (SSSR count). The monoisotopic (exact) mass is 560 g/mol. The molecule has 8 nitrogen and oxygen atoms in total. The fourth-order valence-electron chi connectivity index (χ4n) is 6.91. The highest BCUT2D eigenvalue weighted by atomic mass is 35.5. The maximum Gasteiger partial charge on any atom is 0.246 e. The van der Waals surface area contributed by atoms with Crippen LogP contribution in [0, 0.1) is 29.5 Å². The minimum absolute atomic E-state index is 0.0281. The van der Waals surface area contributed by atoms with E-state index in [4.69, 9.17) is 16.3 Å². The number of anilines is 1. The van der Waals surface area contributed by atoms with Crippen LogP contribution in [0.2, 0.25) is 5.02 Å². The topological polar surface area (TPSA) is 91.0 Å². The minimum Gasteiger partial charge on any atom is -0.359 e. The highest BCUT2D eigenvalue weighted by Gasteiger charge is 2.72. The molecule has 1 aromatic carbocycles. The Kier molecular flexibility index (Phi) is 7.79. The number of carbonyl (C=O) groups is 3. The van der Waals surface area contributed by atoms with E-state index in [2.05, 4.69) is 24.5 Å². The van der Waals surface area contributed by atoms with Crippen molar-refractivity contribution in [3.05, 3.63) is 41.2 Å². The van der Waals surface area contributed by atoms with E-state index in [0.29, 0.717) is 30.5 Å². The predicted molar refractivity (Wildman–Crippen MR) is 147 cm³/mol. The van der Waals surface area contributed by atoms with Gasteiger partial charge in [0.05, 0.1) is 23.0 Å². The Balaban J connectivity index is 1.42. The van der Waals surface area contributed by atoms with Crippen molar-refractivity contribution >= 4 is 35.0 Å². The first-order valence-electron chi connectivity index (χ1n) is 13.9. The third-order valence-corrected chi connectivity index (χ3v) is 9.44. The Bertz CT molecular complexity index is 1180. The number of amides is 3. The number of rotatable bonds is 8. The van der Waals surface area contributed by atoms with Crippen LogP contribution in [-0.2, 0) is 19.1 Å². The molecule has 4 aliphatic rings. The van der Waals surface area contributed by atoms with Crippen LogP contribution < -0.4 is 10.6 Å². The van der Waals surface area contributed by atoms with Crippen molar-refractivity contribution in [3.8, 4) is 0 Å². The summed E-state index contributed by atoms with van der Waals surface area (Å²) in [6.07, 6.45) is 6.75. The SMILES string of the molecule is C[C@H]1[C@H](C)CCC[C@@H]1NC(=O)[C@@H]1N(CCCN(C)C)C(=O)[C@H]2[C@H](C(=O)Nc3ccc(F)c(Cl)c3)[C@H]3C=C[C@@]12O3. The predicted octanol–water partition coefficient (Wildman–Crippen LogP) is 3.46. The number of ether oxygens (including phenoxy) is 1. The van der Waals surface area contributed by atoms with E-state index in [0.717, 1.165) is 25.8 Å². The van der Waals surface area contributed by atoms with Gasteiger partial charge in [0.2, 0.25) is 17.7 Å². The number of halogens is 2. The molecule has 1 aliphatic carbocycles. The lowest BCUT2D eigenvalue weighted by atomic mass is 9.73. The van der Waals surface area contributed by atoms with Crippen molar-refractivity contribution in [3.63, 3.8) is 0 Å². The lowest BCUT2D eigenvalue weighted by Gasteiger charge is -2.38. The average molecular weight is 561 g/mol. The van der Waals surface area contributed by atoms with E-state index in [1.165, 1.54) is 18.2 Å². The Morgan fingerprint density at radius 2 is 2.00 bits per heavy atom. The summed E-state index contributed by atoms with van der Waals surface area (Å²) < 4.78 is 20.1. The lowest BCUT2D eigenvalue weighted by Crippen LogP contribution is -2.58. The fraction of sp³-hybridized carbons (Fsp3) is 0.621. The van der Waals surface area contributed by atoms with Gasteiger partial charge < -0.3 is 25.2 Å². The molecule has 2 bridgehead atoms. The van der Waals surface area contributed by atoms with Crippen molar-refractivity contribution < 1.29 is 23.5 Å². The smallest absolute Gasteiger partial charge is 0.246 e. The summed E-state index contributed by atoms with van der Waals surface area (Å²) in [5.74, 6) is -2.31. The van der Waals surface area contributed by atoms with Crippen molar-refractivity contribution in [1.82, 2.24) is 15.1 Å². The van der Waals surface area contributed by atoms with Gasteiger partial charge in [-0.25, -0.2) is 4.39 Å². The van der Waals surface area contributed by atoms with Gasteiger partial charge in [0.15, 0.2) is 0 Å². The molecule has 1 aromatic rings. The molecule has 10 heteroatoms. The molecule has 0 unspecified atom stereocenters. The van der Waals surface area contributed by atoms with Crippen LogP contribution in [0.15, 0.2) is 30.4 Å². The maximum absolute atomic E-state index is 14.0. The van der Waals surface area contributed by atoms with Gasteiger partial charge in [0, 0.05) is 18.3 Å². The number of hydrogen-bond acceptors (Lipinski definition) is 5. The van der Waals surface area contributed by atoms with Crippen LogP contribution in [0.1, 0.15) is 39.5 Å². The van der Waals surface area contributed by atoms with E-state index in [9.17, 15) is 18.8 Å². The summed E-state index contributed by atoms with van der Waals surface area (Å²) in [6.45, 7) is 5.52. The number of carbonyl (C=O) groups excluding carboxylic acids is 3. The van der Waals surface area contributed by atoms with Crippen LogP contribution in [0.25, 0.3) is 0 Å². The number of fused-ring (bicyclic) bond motifs is 1. The third kappa shape index (κ3) is 4.98. The van der Waals surface area contributed by atoms with Crippen molar-refractivity contribution in [2.24, 2.45) is 23.7 Å². The number of nitrogens with one attached hydrogen (secondary N) is 2. The molecule has 3 heterocycles. The van der Waals surface area contributed by atoms with Crippen molar-refractivity contribution in [1.29, 1.82) is 0 Å². The standard InChI is InChI=1S/C29H38ClFN4O4/c1-16-7-5-8-21(17(16)2)33-27(37)25-29-12-11-22(39-29)23(24(29)28(38)35(25)14-6-13-34(3)4)26(36)32-18-9-10-20(31)19(30)15-18/h9-12,15-17,21-25H,5-8,13-14H2,1-4H3,(H,32,36)(H,33,37)/t16-,17+,21+,22-,23-,24-,25+,29+/m1/s1. The molecule has 0 aromatic heterocycles. The first-order chi connectivity index (χ1) is 18.5. The van der Waals surface area contributed by atoms with Gasteiger partial charge >= 0.3 is 0 Å². The molecule has 8 atom stereocenters. The molecule has 2 saturated heterocycles. The molecule has 212 valence electrons.